The van der Waals surface area contributed by atoms with Crippen LogP contribution in [0.3, 0.4) is 0 Å². The van der Waals surface area contributed by atoms with Gasteiger partial charge in [-0.15, -0.1) is 0 Å². The Morgan fingerprint density at radius 3 is 1.47 bits per heavy atom. The topological polar surface area (TPSA) is 0 Å². The second-order valence-electron chi connectivity index (χ2n) is 6.84. The summed E-state index contributed by atoms with van der Waals surface area (Å²) in [6, 6.07) is 6.96. The van der Waals surface area contributed by atoms with E-state index in [1.165, 1.54) is 16.7 Å². The van der Waals surface area contributed by atoms with Gasteiger partial charge in [-0.05, 0) is 34.4 Å². The zero-order valence-electron chi connectivity index (χ0n) is 12.4. The fourth-order valence-corrected chi connectivity index (χ4v) is 1.81. The third-order valence-corrected chi connectivity index (χ3v) is 3.05. The number of rotatable bonds is 1. The Kier molecular flexibility index (Phi) is 3.86. The van der Waals surface area contributed by atoms with Gasteiger partial charge in [0.25, 0.3) is 0 Å². The Morgan fingerprint density at radius 2 is 1.18 bits per heavy atom. The normalized spacial score (nSPS) is 13.4. The van der Waals surface area contributed by atoms with Crippen LogP contribution in [0.2, 0.25) is 0 Å². The summed E-state index contributed by atoms with van der Waals surface area (Å²) >= 11 is 0. The van der Waals surface area contributed by atoms with E-state index in [0.29, 0.717) is 0 Å². The van der Waals surface area contributed by atoms with Crippen LogP contribution in [0.4, 0.5) is 0 Å². The van der Waals surface area contributed by atoms with Crippen LogP contribution in [-0.2, 0) is 10.8 Å². The Hall–Kier alpha value is -1.04. The van der Waals surface area contributed by atoms with Crippen molar-refractivity contribution < 1.29 is 0 Å². The molecule has 0 fully saturated rings. The summed E-state index contributed by atoms with van der Waals surface area (Å²) in [5, 5.41) is 0. The van der Waals surface area contributed by atoms with E-state index in [9.17, 15) is 0 Å². The summed E-state index contributed by atoms with van der Waals surface area (Å²) in [4.78, 5) is 0. The molecule has 94 valence electrons. The van der Waals surface area contributed by atoms with E-state index in [1.807, 2.05) is 0 Å². The van der Waals surface area contributed by atoms with Gasteiger partial charge in [-0.25, -0.2) is 0 Å². The summed E-state index contributed by atoms with van der Waals surface area (Å²) in [7, 11) is 0. The highest BCUT2D eigenvalue weighted by molar-refractivity contribution is 5.53. The molecule has 0 heterocycles. The first-order valence-corrected chi connectivity index (χ1v) is 6.43. The van der Waals surface area contributed by atoms with E-state index >= 15 is 0 Å². The molecule has 0 amide bonds. The highest BCUT2D eigenvalue weighted by Crippen LogP contribution is 2.30. The smallest absolute Gasteiger partial charge is 0.0132 e. The zero-order valence-corrected chi connectivity index (χ0v) is 12.4. The molecule has 0 heteroatoms. The first-order valence-electron chi connectivity index (χ1n) is 6.43. The van der Waals surface area contributed by atoms with Gasteiger partial charge in [0, 0.05) is 0 Å². The maximum absolute atomic E-state index is 2.35. The average Bonchev–Trinajstić information content (AvgIpc) is 2.15. The summed E-state index contributed by atoms with van der Waals surface area (Å²) in [5.74, 6) is 0. The Balaban J connectivity index is 3.39. The molecule has 0 bridgehead atoms. The first kappa shape index (κ1) is 14.0. The molecular weight excluding hydrogens is 204 g/mol. The molecule has 0 aliphatic rings. The van der Waals surface area contributed by atoms with Gasteiger partial charge in [-0.3, -0.25) is 0 Å². The van der Waals surface area contributed by atoms with E-state index in [2.05, 4.69) is 78.8 Å². The molecule has 0 spiro atoms. The SMILES string of the molecule is C/C=C/c1cc(C(C)(C)C)cc(C(C)(C)C)c1. The van der Waals surface area contributed by atoms with Crippen LogP contribution in [0.5, 0.6) is 0 Å². The van der Waals surface area contributed by atoms with Crippen LogP contribution >= 0.6 is 0 Å². The molecule has 0 N–H and O–H groups in total. The molecule has 0 radical (unpaired) electrons. The van der Waals surface area contributed by atoms with Gasteiger partial charge < -0.3 is 0 Å². The minimum absolute atomic E-state index is 0.206. The van der Waals surface area contributed by atoms with E-state index in [4.69, 9.17) is 0 Å². The molecule has 0 aromatic heterocycles. The lowest BCUT2D eigenvalue weighted by Crippen LogP contribution is -2.16. The zero-order chi connectivity index (χ0) is 13.3. The van der Waals surface area contributed by atoms with E-state index in [1.54, 1.807) is 0 Å². The molecule has 0 saturated heterocycles. The number of hydrogen-bond donors (Lipinski definition) is 0. The molecule has 0 saturated carbocycles. The van der Waals surface area contributed by atoms with E-state index < -0.39 is 0 Å². The fraction of sp³-hybridized carbons (Fsp3) is 0.529. The summed E-state index contributed by atoms with van der Waals surface area (Å²) in [5.41, 5.74) is 4.55. The van der Waals surface area contributed by atoms with Crippen LogP contribution in [-0.4, -0.2) is 0 Å². The highest BCUT2D eigenvalue weighted by atomic mass is 14.2. The fourth-order valence-electron chi connectivity index (χ4n) is 1.81. The van der Waals surface area contributed by atoms with Crippen molar-refractivity contribution in [2.75, 3.05) is 0 Å². The van der Waals surface area contributed by atoms with Crippen LogP contribution < -0.4 is 0 Å². The van der Waals surface area contributed by atoms with Gasteiger partial charge in [-0.2, -0.15) is 0 Å². The number of hydrogen-bond acceptors (Lipinski definition) is 0. The van der Waals surface area contributed by atoms with Crippen molar-refractivity contribution in [1.82, 2.24) is 0 Å². The molecule has 0 nitrogen and oxygen atoms in total. The summed E-state index contributed by atoms with van der Waals surface area (Å²) < 4.78 is 0. The molecule has 17 heavy (non-hydrogen) atoms. The van der Waals surface area contributed by atoms with Crippen molar-refractivity contribution >= 4 is 6.08 Å². The third kappa shape index (κ3) is 3.73. The number of allylic oxidation sites excluding steroid dienone is 1. The van der Waals surface area contributed by atoms with Gasteiger partial charge in [-0.1, -0.05) is 71.9 Å². The first-order chi connectivity index (χ1) is 7.64. The molecule has 1 aromatic carbocycles. The van der Waals surface area contributed by atoms with Crippen molar-refractivity contribution in [3.05, 3.63) is 41.0 Å². The quantitative estimate of drug-likeness (QED) is 0.613. The van der Waals surface area contributed by atoms with Crippen LogP contribution in [0.1, 0.15) is 65.2 Å². The van der Waals surface area contributed by atoms with Gasteiger partial charge >= 0.3 is 0 Å². The highest BCUT2D eigenvalue weighted by Gasteiger charge is 2.19. The van der Waals surface area contributed by atoms with Crippen molar-refractivity contribution in [2.45, 2.75) is 59.3 Å². The van der Waals surface area contributed by atoms with Crippen molar-refractivity contribution in [1.29, 1.82) is 0 Å². The lowest BCUT2D eigenvalue weighted by Gasteiger charge is -2.25. The van der Waals surface area contributed by atoms with E-state index in [-0.39, 0.29) is 10.8 Å². The largest absolute Gasteiger partial charge is 0.0871 e. The molecule has 0 aliphatic heterocycles. The second-order valence-corrected chi connectivity index (χ2v) is 6.84. The van der Waals surface area contributed by atoms with Crippen molar-refractivity contribution in [2.24, 2.45) is 0 Å². The molecule has 0 aliphatic carbocycles. The summed E-state index contributed by atoms with van der Waals surface area (Å²) in [6.07, 6.45) is 4.29. The van der Waals surface area contributed by atoms with Gasteiger partial charge in [0.15, 0.2) is 0 Å². The summed E-state index contributed by atoms with van der Waals surface area (Å²) in [6.45, 7) is 15.7. The predicted octanol–water partition coefficient (Wildman–Crippen LogP) is 5.31. The molecule has 1 rings (SSSR count). The number of benzene rings is 1. The standard InChI is InChI=1S/C17H26/c1-8-9-13-10-14(16(2,3)4)12-15(11-13)17(5,6)7/h8-12H,1-7H3/b9-8+. The van der Waals surface area contributed by atoms with Crippen molar-refractivity contribution in [3.63, 3.8) is 0 Å². The van der Waals surface area contributed by atoms with E-state index in [0.717, 1.165) is 0 Å². The predicted molar refractivity (Wildman–Crippen MR) is 78.6 cm³/mol. The van der Waals surface area contributed by atoms with Crippen LogP contribution in [0.25, 0.3) is 6.08 Å². The minimum atomic E-state index is 0.206. The van der Waals surface area contributed by atoms with Gasteiger partial charge in [0.1, 0.15) is 0 Å². The van der Waals surface area contributed by atoms with Gasteiger partial charge in [0.2, 0.25) is 0 Å². The second kappa shape index (κ2) is 4.68. The Morgan fingerprint density at radius 1 is 0.765 bits per heavy atom. The minimum Gasteiger partial charge on any atom is -0.0871 e. The van der Waals surface area contributed by atoms with Gasteiger partial charge in [0.05, 0.1) is 0 Å². The lowest BCUT2D eigenvalue weighted by molar-refractivity contribution is 0.568. The maximum Gasteiger partial charge on any atom is -0.0132 e. The Labute approximate surface area is 107 Å². The van der Waals surface area contributed by atoms with Crippen molar-refractivity contribution in [3.8, 4) is 0 Å². The van der Waals surface area contributed by atoms with Crippen LogP contribution in [0, 0.1) is 0 Å². The maximum atomic E-state index is 2.35. The molecule has 0 unspecified atom stereocenters. The molecule has 0 atom stereocenters. The monoisotopic (exact) mass is 230 g/mol. The lowest BCUT2D eigenvalue weighted by atomic mass is 9.79. The Bertz CT molecular complexity index is 376. The average molecular weight is 230 g/mol. The van der Waals surface area contributed by atoms with Crippen LogP contribution in [0.15, 0.2) is 24.3 Å². The molecular formula is C17H26. The molecule has 1 aromatic rings. The third-order valence-electron chi connectivity index (χ3n) is 3.05.